The number of aliphatic carboxylic acids is 1. The lowest BCUT2D eigenvalue weighted by Gasteiger charge is -2.29. The molecule has 1 heterocycles. The molecule has 0 bridgehead atoms. The zero-order valence-corrected chi connectivity index (χ0v) is 12.6. The monoisotopic (exact) mass is 317 g/mol. The highest BCUT2D eigenvalue weighted by Gasteiger charge is 2.32. The van der Waals surface area contributed by atoms with Gasteiger partial charge < -0.3 is 5.11 Å². The Labute approximate surface area is 123 Å². The molecule has 1 aromatic carbocycles. The van der Waals surface area contributed by atoms with Crippen molar-refractivity contribution in [1.29, 1.82) is 0 Å². The Morgan fingerprint density at radius 1 is 1.35 bits per heavy atom. The summed E-state index contributed by atoms with van der Waals surface area (Å²) in [7, 11) is -3.65. The van der Waals surface area contributed by atoms with Crippen LogP contribution >= 0.6 is 11.6 Å². The Morgan fingerprint density at radius 3 is 2.45 bits per heavy atom. The second kappa shape index (κ2) is 5.71. The predicted molar refractivity (Wildman–Crippen MR) is 75.3 cm³/mol. The average Bonchev–Trinajstić information content (AvgIpc) is 2.38. The molecule has 0 amide bonds. The van der Waals surface area contributed by atoms with E-state index in [2.05, 4.69) is 0 Å². The maximum Gasteiger partial charge on any atom is 0.306 e. The van der Waals surface area contributed by atoms with E-state index in [0.717, 1.165) is 5.56 Å². The minimum Gasteiger partial charge on any atom is -0.481 e. The van der Waals surface area contributed by atoms with E-state index in [0.29, 0.717) is 12.8 Å². The van der Waals surface area contributed by atoms with Gasteiger partial charge in [-0.1, -0.05) is 17.7 Å². The fourth-order valence-electron chi connectivity index (χ4n) is 2.30. The molecule has 1 saturated heterocycles. The molecule has 1 aliphatic rings. The third-order valence-corrected chi connectivity index (χ3v) is 5.89. The van der Waals surface area contributed by atoms with Crippen molar-refractivity contribution < 1.29 is 18.3 Å². The molecule has 0 saturated carbocycles. The number of rotatable bonds is 3. The van der Waals surface area contributed by atoms with Crippen LogP contribution in [0.1, 0.15) is 18.4 Å². The van der Waals surface area contributed by atoms with Crippen molar-refractivity contribution >= 4 is 27.6 Å². The number of carboxylic acid groups (broad SMARTS) is 1. The van der Waals surface area contributed by atoms with E-state index in [1.807, 2.05) is 6.92 Å². The summed E-state index contributed by atoms with van der Waals surface area (Å²) < 4.78 is 26.3. The van der Waals surface area contributed by atoms with Crippen molar-refractivity contribution in [3.05, 3.63) is 28.8 Å². The summed E-state index contributed by atoms with van der Waals surface area (Å²) in [5.41, 5.74) is 0.888. The van der Waals surface area contributed by atoms with Gasteiger partial charge in [-0.25, -0.2) is 8.42 Å². The van der Waals surface area contributed by atoms with E-state index in [1.165, 1.54) is 10.4 Å². The van der Waals surface area contributed by atoms with Crippen LogP contribution in [0.3, 0.4) is 0 Å². The Morgan fingerprint density at radius 2 is 1.95 bits per heavy atom. The van der Waals surface area contributed by atoms with Gasteiger partial charge in [0.2, 0.25) is 10.0 Å². The first-order valence-corrected chi connectivity index (χ1v) is 8.13. The number of sulfonamides is 1. The zero-order valence-electron chi connectivity index (χ0n) is 11.0. The van der Waals surface area contributed by atoms with Gasteiger partial charge in [-0.2, -0.15) is 4.31 Å². The van der Waals surface area contributed by atoms with Crippen LogP contribution in [0.4, 0.5) is 0 Å². The number of nitrogens with zero attached hydrogens (tertiary/aromatic N) is 1. The van der Waals surface area contributed by atoms with Gasteiger partial charge in [0.15, 0.2) is 0 Å². The lowest BCUT2D eigenvalue weighted by atomic mass is 9.99. The summed E-state index contributed by atoms with van der Waals surface area (Å²) in [4.78, 5) is 11.0. The van der Waals surface area contributed by atoms with Gasteiger partial charge in [-0.3, -0.25) is 4.79 Å². The lowest BCUT2D eigenvalue weighted by molar-refractivity contribution is -0.142. The van der Waals surface area contributed by atoms with Crippen molar-refractivity contribution in [2.75, 3.05) is 13.1 Å². The van der Waals surface area contributed by atoms with Crippen LogP contribution in [0.5, 0.6) is 0 Å². The van der Waals surface area contributed by atoms with Crippen LogP contribution in [0, 0.1) is 12.8 Å². The smallest absolute Gasteiger partial charge is 0.306 e. The Kier molecular flexibility index (Phi) is 4.36. The van der Waals surface area contributed by atoms with Gasteiger partial charge in [-0.15, -0.1) is 0 Å². The van der Waals surface area contributed by atoms with Crippen LogP contribution in [0.2, 0.25) is 5.02 Å². The first-order chi connectivity index (χ1) is 9.32. The molecule has 0 aromatic heterocycles. The Balaban J connectivity index is 2.22. The summed E-state index contributed by atoms with van der Waals surface area (Å²) >= 11 is 6.01. The molecule has 20 heavy (non-hydrogen) atoms. The van der Waals surface area contributed by atoms with E-state index < -0.39 is 21.9 Å². The molecule has 0 spiro atoms. The van der Waals surface area contributed by atoms with Gasteiger partial charge >= 0.3 is 5.97 Å². The van der Waals surface area contributed by atoms with Gasteiger partial charge in [0, 0.05) is 13.1 Å². The SMILES string of the molecule is Cc1ccc(S(=O)(=O)N2CCC(C(=O)O)CC2)c(Cl)c1. The number of piperidine rings is 1. The number of hydrogen-bond acceptors (Lipinski definition) is 3. The second-order valence-corrected chi connectivity index (χ2v) is 7.26. The second-order valence-electron chi connectivity index (χ2n) is 4.95. The normalized spacial score (nSPS) is 18.1. The molecule has 0 unspecified atom stereocenters. The van der Waals surface area contributed by atoms with E-state index in [-0.39, 0.29) is 23.0 Å². The molecule has 2 rings (SSSR count). The molecule has 0 aliphatic carbocycles. The third-order valence-electron chi connectivity index (χ3n) is 3.51. The summed E-state index contributed by atoms with van der Waals surface area (Å²) in [5, 5.41) is 9.13. The van der Waals surface area contributed by atoms with Gasteiger partial charge in [0.05, 0.1) is 10.9 Å². The molecule has 7 heteroatoms. The van der Waals surface area contributed by atoms with Crippen molar-refractivity contribution in [2.24, 2.45) is 5.92 Å². The minimum absolute atomic E-state index is 0.0820. The van der Waals surface area contributed by atoms with E-state index in [4.69, 9.17) is 16.7 Å². The Hall–Kier alpha value is -1.11. The fraction of sp³-hybridized carbons (Fsp3) is 0.462. The van der Waals surface area contributed by atoms with Crippen molar-refractivity contribution in [3.63, 3.8) is 0 Å². The predicted octanol–water partition coefficient (Wildman–Crippen LogP) is 2.13. The summed E-state index contributed by atoms with van der Waals surface area (Å²) in [5.74, 6) is -1.33. The van der Waals surface area contributed by atoms with Crippen molar-refractivity contribution in [3.8, 4) is 0 Å². The van der Waals surface area contributed by atoms with Crippen LogP contribution in [-0.2, 0) is 14.8 Å². The summed E-state index contributed by atoms with van der Waals surface area (Å²) in [6, 6.07) is 4.80. The fourth-order valence-corrected chi connectivity index (χ4v) is 4.34. The average molecular weight is 318 g/mol. The summed E-state index contributed by atoms with van der Waals surface area (Å²) in [6.07, 6.45) is 0.663. The molecule has 1 N–H and O–H groups in total. The molecule has 1 fully saturated rings. The minimum atomic E-state index is -3.65. The van der Waals surface area contributed by atoms with E-state index in [1.54, 1.807) is 12.1 Å². The van der Waals surface area contributed by atoms with Gasteiger partial charge in [-0.05, 0) is 37.5 Å². The Bertz CT molecular complexity index is 621. The van der Waals surface area contributed by atoms with Gasteiger partial charge in [0.1, 0.15) is 4.90 Å². The first-order valence-electron chi connectivity index (χ1n) is 6.31. The first kappa shape index (κ1) is 15.3. The molecule has 1 aliphatic heterocycles. The van der Waals surface area contributed by atoms with Crippen LogP contribution in [0.15, 0.2) is 23.1 Å². The summed E-state index contributed by atoms with van der Waals surface area (Å²) in [6.45, 7) is 2.26. The molecule has 5 nitrogen and oxygen atoms in total. The molecule has 0 atom stereocenters. The number of halogens is 1. The van der Waals surface area contributed by atoms with Gasteiger partial charge in [0.25, 0.3) is 0 Å². The van der Waals surface area contributed by atoms with Crippen LogP contribution in [0.25, 0.3) is 0 Å². The maximum atomic E-state index is 12.5. The third kappa shape index (κ3) is 2.97. The number of carbonyl (C=O) groups is 1. The highest BCUT2D eigenvalue weighted by molar-refractivity contribution is 7.89. The van der Waals surface area contributed by atoms with E-state index >= 15 is 0 Å². The van der Waals surface area contributed by atoms with Crippen molar-refractivity contribution in [2.45, 2.75) is 24.7 Å². The highest BCUT2D eigenvalue weighted by Crippen LogP contribution is 2.28. The molecule has 110 valence electrons. The molecular weight excluding hydrogens is 302 g/mol. The number of benzene rings is 1. The van der Waals surface area contributed by atoms with Crippen LogP contribution in [-0.4, -0.2) is 36.9 Å². The topological polar surface area (TPSA) is 74.7 Å². The zero-order chi connectivity index (χ0) is 14.9. The highest BCUT2D eigenvalue weighted by atomic mass is 35.5. The largest absolute Gasteiger partial charge is 0.481 e. The number of carboxylic acids is 1. The van der Waals surface area contributed by atoms with Crippen LogP contribution < -0.4 is 0 Å². The quantitative estimate of drug-likeness (QED) is 0.926. The molecular formula is C13H16ClNO4S. The molecule has 1 aromatic rings. The lowest BCUT2D eigenvalue weighted by Crippen LogP contribution is -2.40. The number of aryl methyl sites for hydroxylation is 1. The number of hydrogen-bond donors (Lipinski definition) is 1. The van der Waals surface area contributed by atoms with E-state index in [9.17, 15) is 13.2 Å². The maximum absolute atomic E-state index is 12.5. The van der Waals surface area contributed by atoms with Crippen molar-refractivity contribution in [1.82, 2.24) is 4.31 Å². The standard InChI is InChI=1S/C13H16ClNO4S/c1-9-2-3-12(11(14)8-9)20(18,19)15-6-4-10(5-7-15)13(16)17/h2-3,8,10H,4-7H2,1H3,(H,16,17). The molecule has 0 radical (unpaired) electrons.